The Balaban J connectivity index is 1.93. The van der Waals surface area contributed by atoms with E-state index in [0.717, 1.165) is 5.41 Å². The topological polar surface area (TPSA) is 0 Å². The average molecular weight is 148 g/mol. The molecule has 0 aromatic heterocycles. The number of rotatable bonds is 0. The van der Waals surface area contributed by atoms with Crippen LogP contribution in [0.15, 0.2) is 0 Å². The van der Waals surface area contributed by atoms with Crippen LogP contribution in [-0.2, 0) is 0 Å². The summed E-state index contributed by atoms with van der Waals surface area (Å²) in [6.07, 6.45) is 6.50. The highest BCUT2D eigenvalue weighted by atomic mass is 14.8. The van der Waals surface area contributed by atoms with E-state index in [0.29, 0.717) is 0 Å². The van der Waals surface area contributed by atoms with E-state index in [-0.39, 0.29) is 0 Å². The SMILES string of the molecule is CC12CC3CC1C1CC3CC12. The third kappa shape index (κ3) is 0.381. The molecule has 0 spiro atoms. The first-order valence-electron chi connectivity index (χ1n) is 5.29. The summed E-state index contributed by atoms with van der Waals surface area (Å²) in [5, 5.41) is 0. The second kappa shape index (κ2) is 1.30. The zero-order valence-electron chi connectivity index (χ0n) is 7.22. The van der Waals surface area contributed by atoms with Crippen molar-refractivity contribution in [2.45, 2.75) is 32.6 Å². The molecule has 6 atom stereocenters. The van der Waals surface area contributed by atoms with Crippen LogP contribution in [0, 0.1) is 35.0 Å². The van der Waals surface area contributed by atoms with Crippen molar-refractivity contribution in [3.63, 3.8) is 0 Å². The number of hydrogen-bond donors (Lipinski definition) is 0. The van der Waals surface area contributed by atoms with Crippen LogP contribution in [0.5, 0.6) is 0 Å². The second-order valence-corrected chi connectivity index (χ2v) is 5.81. The smallest absolute Gasteiger partial charge is 0.0261 e. The molecule has 11 heavy (non-hydrogen) atoms. The molecule has 5 aliphatic carbocycles. The highest BCUT2D eigenvalue weighted by Gasteiger charge is 2.70. The van der Waals surface area contributed by atoms with Gasteiger partial charge in [0.1, 0.15) is 0 Å². The van der Waals surface area contributed by atoms with E-state index in [1.54, 1.807) is 25.7 Å². The molecule has 0 nitrogen and oxygen atoms in total. The van der Waals surface area contributed by atoms with E-state index >= 15 is 0 Å². The lowest BCUT2D eigenvalue weighted by Crippen LogP contribution is -2.49. The molecule has 6 unspecified atom stereocenters. The van der Waals surface area contributed by atoms with E-state index in [1.165, 1.54) is 29.6 Å². The largest absolute Gasteiger partial charge is 0.0591 e. The van der Waals surface area contributed by atoms with Crippen molar-refractivity contribution in [2.24, 2.45) is 35.0 Å². The maximum atomic E-state index is 2.58. The molecule has 5 aliphatic rings. The molecular weight excluding hydrogens is 132 g/mol. The summed E-state index contributed by atoms with van der Waals surface area (Å²) in [7, 11) is 0. The van der Waals surface area contributed by atoms with Crippen molar-refractivity contribution < 1.29 is 0 Å². The lowest BCUT2D eigenvalue weighted by atomic mass is 9.50. The first-order valence-corrected chi connectivity index (χ1v) is 5.29. The molecule has 5 saturated carbocycles. The summed E-state index contributed by atoms with van der Waals surface area (Å²) in [5.41, 5.74) is 0.863. The fourth-order valence-electron chi connectivity index (χ4n) is 5.42. The molecule has 0 aromatic carbocycles. The van der Waals surface area contributed by atoms with Crippen molar-refractivity contribution in [1.82, 2.24) is 0 Å². The van der Waals surface area contributed by atoms with E-state index in [9.17, 15) is 0 Å². The number of hydrogen-bond acceptors (Lipinski definition) is 0. The van der Waals surface area contributed by atoms with Gasteiger partial charge in [0.25, 0.3) is 0 Å². The predicted molar refractivity (Wildman–Crippen MR) is 44.0 cm³/mol. The average Bonchev–Trinajstić information content (AvgIpc) is 2.35. The van der Waals surface area contributed by atoms with Gasteiger partial charge < -0.3 is 0 Å². The standard InChI is InChI=1S/C11H16/c1-11-5-7-4-10(11)8-2-6(7)3-9(8)11/h6-10H,2-5H2,1H3. The molecule has 6 bridgehead atoms. The Morgan fingerprint density at radius 3 is 2.55 bits per heavy atom. The Bertz CT molecular complexity index is 220. The van der Waals surface area contributed by atoms with Gasteiger partial charge >= 0.3 is 0 Å². The lowest BCUT2D eigenvalue weighted by Gasteiger charge is -2.54. The van der Waals surface area contributed by atoms with Gasteiger partial charge in [-0.1, -0.05) is 6.92 Å². The summed E-state index contributed by atoms with van der Waals surface area (Å²) in [4.78, 5) is 0. The van der Waals surface area contributed by atoms with Gasteiger partial charge in [0.15, 0.2) is 0 Å². The Labute approximate surface area is 68.4 Å². The fraction of sp³-hybridized carbons (Fsp3) is 1.00. The van der Waals surface area contributed by atoms with E-state index < -0.39 is 0 Å². The van der Waals surface area contributed by atoms with Gasteiger partial charge in [-0.05, 0) is 60.7 Å². The maximum absolute atomic E-state index is 2.58. The summed E-state index contributed by atoms with van der Waals surface area (Å²) >= 11 is 0. The van der Waals surface area contributed by atoms with Crippen LogP contribution in [-0.4, -0.2) is 0 Å². The monoisotopic (exact) mass is 148 g/mol. The van der Waals surface area contributed by atoms with E-state index in [4.69, 9.17) is 0 Å². The Hall–Kier alpha value is 0. The molecule has 0 heterocycles. The van der Waals surface area contributed by atoms with Gasteiger partial charge in [-0.15, -0.1) is 0 Å². The highest BCUT2D eigenvalue weighted by molar-refractivity contribution is 5.19. The van der Waals surface area contributed by atoms with Gasteiger partial charge in [0.05, 0.1) is 0 Å². The minimum absolute atomic E-state index is 0.863. The molecule has 5 fully saturated rings. The molecule has 0 amide bonds. The zero-order valence-corrected chi connectivity index (χ0v) is 7.22. The molecule has 0 radical (unpaired) electrons. The van der Waals surface area contributed by atoms with Crippen LogP contribution in [0.3, 0.4) is 0 Å². The van der Waals surface area contributed by atoms with Crippen molar-refractivity contribution in [3.8, 4) is 0 Å². The van der Waals surface area contributed by atoms with Crippen molar-refractivity contribution in [1.29, 1.82) is 0 Å². The molecule has 0 saturated heterocycles. The van der Waals surface area contributed by atoms with Gasteiger partial charge in [0.2, 0.25) is 0 Å². The Kier molecular flexibility index (Phi) is 0.661. The van der Waals surface area contributed by atoms with Gasteiger partial charge in [0, 0.05) is 0 Å². The molecule has 0 N–H and O–H groups in total. The van der Waals surface area contributed by atoms with Gasteiger partial charge in [-0.2, -0.15) is 0 Å². The normalized spacial score (nSPS) is 75.5. The van der Waals surface area contributed by atoms with Crippen LogP contribution < -0.4 is 0 Å². The predicted octanol–water partition coefficient (Wildman–Crippen LogP) is 2.69. The molecule has 0 aliphatic heterocycles. The first-order chi connectivity index (χ1) is 5.29. The summed E-state index contributed by atoms with van der Waals surface area (Å²) in [5.74, 6) is 5.97. The molecule has 0 heteroatoms. The Morgan fingerprint density at radius 1 is 1.00 bits per heavy atom. The minimum atomic E-state index is 0.863. The lowest BCUT2D eigenvalue weighted by molar-refractivity contribution is -0.0660. The molecule has 5 rings (SSSR count). The van der Waals surface area contributed by atoms with Crippen LogP contribution in [0.2, 0.25) is 0 Å². The van der Waals surface area contributed by atoms with E-state index in [2.05, 4.69) is 6.92 Å². The summed E-state index contributed by atoms with van der Waals surface area (Å²) in [6, 6.07) is 0. The summed E-state index contributed by atoms with van der Waals surface area (Å²) in [6.45, 7) is 2.58. The van der Waals surface area contributed by atoms with Gasteiger partial charge in [-0.3, -0.25) is 0 Å². The van der Waals surface area contributed by atoms with Crippen LogP contribution >= 0.6 is 0 Å². The van der Waals surface area contributed by atoms with E-state index in [1.807, 2.05) is 0 Å². The first kappa shape index (κ1) is 5.61. The summed E-state index contributed by atoms with van der Waals surface area (Å²) < 4.78 is 0. The fourth-order valence-corrected chi connectivity index (χ4v) is 5.42. The van der Waals surface area contributed by atoms with Crippen LogP contribution in [0.1, 0.15) is 32.6 Å². The molecule has 60 valence electrons. The zero-order chi connectivity index (χ0) is 7.22. The van der Waals surface area contributed by atoms with Crippen molar-refractivity contribution in [3.05, 3.63) is 0 Å². The second-order valence-electron chi connectivity index (χ2n) is 5.81. The third-order valence-corrected chi connectivity index (χ3v) is 5.78. The highest BCUT2D eigenvalue weighted by Crippen LogP contribution is 2.78. The minimum Gasteiger partial charge on any atom is -0.0591 e. The Morgan fingerprint density at radius 2 is 1.73 bits per heavy atom. The van der Waals surface area contributed by atoms with Crippen molar-refractivity contribution in [2.75, 3.05) is 0 Å². The van der Waals surface area contributed by atoms with Crippen LogP contribution in [0.4, 0.5) is 0 Å². The van der Waals surface area contributed by atoms with Gasteiger partial charge in [-0.25, -0.2) is 0 Å². The third-order valence-electron chi connectivity index (χ3n) is 5.78. The quantitative estimate of drug-likeness (QED) is 0.495. The van der Waals surface area contributed by atoms with Crippen molar-refractivity contribution >= 4 is 0 Å². The van der Waals surface area contributed by atoms with Crippen LogP contribution in [0.25, 0.3) is 0 Å². The maximum Gasteiger partial charge on any atom is -0.0261 e. The molecular formula is C11H16. The molecule has 0 aromatic rings.